The minimum Gasteiger partial charge on any atom is -0.355 e. The maximum absolute atomic E-state index is 13.4. The zero-order valence-corrected chi connectivity index (χ0v) is 17.0. The number of alkyl halides is 3. The highest BCUT2D eigenvalue weighted by molar-refractivity contribution is 9.10. The van der Waals surface area contributed by atoms with E-state index in [1.54, 1.807) is 12.1 Å². The summed E-state index contributed by atoms with van der Waals surface area (Å²) in [7, 11) is 0. The molecule has 0 spiro atoms. The first-order valence-corrected chi connectivity index (χ1v) is 9.77. The first kappa shape index (κ1) is 19.3. The van der Waals surface area contributed by atoms with Crippen molar-refractivity contribution in [2.75, 3.05) is 11.4 Å². The summed E-state index contributed by atoms with van der Waals surface area (Å²) in [4.78, 5) is 15.9. The number of nitrogens with one attached hydrogen (secondary N) is 1. The van der Waals surface area contributed by atoms with Crippen LogP contribution in [-0.4, -0.2) is 17.7 Å². The SMILES string of the molecule is CC1c2c(ccc3[nH]c(=O)cc(Cl)c23)N(CC(F)(F)F)C1c1cccc(Br)c1. The van der Waals surface area contributed by atoms with Crippen molar-refractivity contribution in [2.45, 2.75) is 25.1 Å². The molecule has 0 saturated heterocycles. The Morgan fingerprint density at radius 1 is 1.21 bits per heavy atom. The van der Waals surface area contributed by atoms with Crippen molar-refractivity contribution >= 4 is 44.1 Å². The number of hydrogen-bond donors (Lipinski definition) is 1. The minimum atomic E-state index is -4.37. The number of fused-ring (bicyclic) bond motifs is 3. The number of benzene rings is 2. The van der Waals surface area contributed by atoms with Gasteiger partial charge in [0.05, 0.1) is 16.6 Å². The molecule has 2 unspecified atom stereocenters. The lowest BCUT2D eigenvalue weighted by atomic mass is 9.90. The zero-order chi connectivity index (χ0) is 20.2. The fourth-order valence-corrected chi connectivity index (χ4v) is 4.87. The Kier molecular flexibility index (Phi) is 4.70. The van der Waals surface area contributed by atoms with Gasteiger partial charge in [0.25, 0.3) is 0 Å². The molecule has 4 rings (SSSR count). The Balaban J connectivity index is 1.98. The van der Waals surface area contributed by atoms with E-state index in [2.05, 4.69) is 20.9 Å². The van der Waals surface area contributed by atoms with Gasteiger partial charge in [-0.25, -0.2) is 0 Å². The van der Waals surface area contributed by atoms with Crippen LogP contribution in [0.15, 0.2) is 51.7 Å². The van der Waals surface area contributed by atoms with E-state index < -0.39 is 18.8 Å². The maximum atomic E-state index is 13.4. The van der Waals surface area contributed by atoms with Gasteiger partial charge in [-0.3, -0.25) is 4.79 Å². The molecule has 0 bridgehead atoms. The summed E-state index contributed by atoms with van der Waals surface area (Å²) in [6.45, 7) is 0.815. The largest absolute Gasteiger partial charge is 0.405 e. The Morgan fingerprint density at radius 2 is 1.96 bits per heavy atom. The van der Waals surface area contributed by atoms with Gasteiger partial charge >= 0.3 is 6.18 Å². The molecule has 0 fully saturated rings. The normalized spacial score (nSPS) is 19.3. The number of H-pyrrole nitrogens is 1. The van der Waals surface area contributed by atoms with Crippen molar-refractivity contribution in [1.82, 2.24) is 4.98 Å². The average molecular weight is 472 g/mol. The van der Waals surface area contributed by atoms with Crippen molar-refractivity contribution in [3.05, 3.63) is 73.4 Å². The second-order valence-electron chi connectivity index (χ2n) is 6.93. The molecular weight excluding hydrogens is 457 g/mol. The summed E-state index contributed by atoms with van der Waals surface area (Å²) in [5, 5.41) is 0.834. The van der Waals surface area contributed by atoms with Gasteiger partial charge in [0, 0.05) is 27.5 Å². The molecule has 2 aromatic carbocycles. The second-order valence-corrected chi connectivity index (χ2v) is 8.26. The number of aromatic nitrogens is 1. The van der Waals surface area contributed by atoms with E-state index in [4.69, 9.17) is 11.6 Å². The molecule has 1 N–H and O–H groups in total. The molecule has 3 aromatic rings. The summed E-state index contributed by atoms with van der Waals surface area (Å²) in [6.07, 6.45) is -4.37. The van der Waals surface area contributed by atoms with Gasteiger partial charge in [-0.2, -0.15) is 13.2 Å². The molecule has 2 atom stereocenters. The smallest absolute Gasteiger partial charge is 0.355 e. The second kappa shape index (κ2) is 6.81. The number of halogens is 5. The molecule has 0 amide bonds. The van der Waals surface area contributed by atoms with Gasteiger partial charge in [0.15, 0.2) is 0 Å². The first-order valence-electron chi connectivity index (χ1n) is 8.60. The van der Waals surface area contributed by atoms with Crippen LogP contribution in [0.1, 0.15) is 30.0 Å². The van der Waals surface area contributed by atoms with Crippen LogP contribution in [0.25, 0.3) is 10.9 Å². The topological polar surface area (TPSA) is 36.1 Å². The molecular formula is C20H15BrClF3N2O. The predicted molar refractivity (Wildman–Crippen MR) is 108 cm³/mol. The lowest BCUT2D eigenvalue weighted by Gasteiger charge is -2.30. The lowest BCUT2D eigenvalue weighted by molar-refractivity contribution is -0.120. The van der Waals surface area contributed by atoms with E-state index in [0.29, 0.717) is 22.2 Å². The number of rotatable bonds is 2. The van der Waals surface area contributed by atoms with Crippen LogP contribution in [0.5, 0.6) is 0 Å². The molecule has 0 saturated carbocycles. The molecule has 28 heavy (non-hydrogen) atoms. The van der Waals surface area contributed by atoms with Crippen molar-refractivity contribution in [1.29, 1.82) is 0 Å². The number of nitrogens with zero attached hydrogens (tertiary/aromatic N) is 1. The molecule has 146 valence electrons. The fourth-order valence-electron chi connectivity index (χ4n) is 4.15. The maximum Gasteiger partial charge on any atom is 0.405 e. The molecule has 3 nitrogen and oxygen atoms in total. The van der Waals surface area contributed by atoms with Crippen LogP contribution >= 0.6 is 27.5 Å². The third-order valence-electron chi connectivity index (χ3n) is 5.09. The summed E-state index contributed by atoms with van der Waals surface area (Å²) in [5.41, 5.74) is 2.14. The summed E-state index contributed by atoms with van der Waals surface area (Å²) < 4.78 is 41.1. The van der Waals surface area contributed by atoms with E-state index >= 15 is 0 Å². The van der Waals surface area contributed by atoms with E-state index in [9.17, 15) is 18.0 Å². The average Bonchev–Trinajstić information content (AvgIpc) is 2.85. The molecule has 1 aromatic heterocycles. The predicted octanol–water partition coefficient (Wildman–Crippen LogP) is 6.17. The van der Waals surface area contributed by atoms with Gasteiger partial charge in [-0.05, 0) is 35.4 Å². The fraction of sp³-hybridized carbons (Fsp3) is 0.250. The van der Waals surface area contributed by atoms with Crippen LogP contribution in [0.4, 0.5) is 18.9 Å². The van der Waals surface area contributed by atoms with Gasteiger partial charge in [-0.15, -0.1) is 0 Å². The van der Waals surface area contributed by atoms with Gasteiger partial charge < -0.3 is 9.88 Å². The van der Waals surface area contributed by atoms with Crippen LogP contribution in [0.2, 0.25) is 5.02 Å². The van der Waals surface area contributed by atoms with Crippen molar-refractivity contribution in [3.8, 4) is 0 Å². The first-order chi connectivity index (χ1) is 13.2. The molecule has 1 aliphatic heterocycles. The Bertz CT molecular complexity index is 1130. The highest BCUT2D eigenvalue weighted by Gasteiger charge is 2.43. The van der Waals surface area contributed by atoms with Gasteiger partial charge in [-0.1, -0.05) is 46.6 Å². The molecule has 0 aliphatic carbocycles. The third kappa shape index (κ3) is 3.31. The number of hydrogen-bond acceptors (Lipinski definition) is 2. The number of pyridine rings is 1. The number of aromatic amines is 1. The Hall–Kier alpha value is -1.99. The summed E-state index contributed by atoms with van der Waals surface area (Å²) >= 11 is 9.75. The van der Waals surface area contributed by atoms with E-state index in [0.717, 1.165) is 10.0 Å². The summed E-state index contributed by atoms with van der Waals surface area (Å²) in [6, 6.07) is 11.3. The molecule has 1 aliphatic rings. The van der Waals surface area contributed by atoms with Crippen molar-refractivity contribution in [3.63, 3.8) is 0 Å². The molecule has 8 heteroatoms. The van der Waals surface area contributed by atoms with Crippen molar-refractivity contribution < 1.29 is 13.2 Å². The van der Waals surface area contributed by atoms with Crippen molar-refractivity contribution in [2.24, 2.45) is 0 Å². The van der Waals surface area contributed by atoms with E-state index in [1.807, 2.05) is 31.2 Å². The van der Waals surface area contributed by atoms with Crippen LogP contribution in [0.3, 0.4) is 0 Å². The monoisotopic (exact) mass is 470 g/mol. The van der Waals surface area contributed by atoms with E-state index in [-0.39, 0.29) is 16.5 Å². The van der Waals surface area contributed by atoms with Crippen LogP contribution < -0.4 is 10.5 Å². The Labute approximate surface area is 172 Å². The lowest BCUT2D eigenvalue weighted by Crippen LogP contribution is -2.35. The molecule has 2 heterocycles. The van der Waals surface area contributed by atoms with Gasteiger partial charge in [0.2, 0.25) is 5.56 Å². The summed E-state index contributed by atoms with van der Waals surface area (Å²) in [5.74, 6) is -0.265. The number of anilines is 1. The molecule has 0 radical (unpaired) electrons. The van der Waals surface area contributed by atoms with E-state index in [1.165, 1.54) is 11.0 Å². The van der Waals surface area contributed by atoms with Crippen LogP contribution in [-0.2, 0) is 0 Å². The third-order valence-corrected chi connectivity index (χ3v) is 5.88. The Morgan fingerprint density at radius 3 is 2.64 bits per heavy atom. The minimum absolute atomic E-state index is 0.240. The standard InChI is InChI=1S/C20H15BrClF3N2O/c1-10-17-15(6-5-14-18(17)13(22)8-16(28)26-14)27(9-20(23,24)25)19(10)11-3-2-4-12(21)7-11/h2-8,10,19H,9H2,1H3,(H,26,28). The van der Waals surface area contributed by atoms with Crippen LogP contribution in [0, 0.1) is 0 Å². The van der Waals surface area contributed by atoms with Gasteiger partial charge in [0.1, 0.15) is 6.54 Å². The highest BCUT2D eigenvalue weighted by atomic mass is 79.9. The zero-order valence-electron chi connectivity index (χ0n) is 14.6. The highest BCUT2D eigenvalue weighted by Crippen LogP contribution is 2.52. The quantitative estimate of drug-likeness (QED) is 0.485.